The van der Waals surface area contributed by atoms with E-state index >= 15 is 0 Å². The Morgan fingerprint density at radius 2 is 2.00 bits per heavy atom. The number of carbonyl (C=O) groups excluding carboxylic acids is 1. The first-order valence-electron chi connectivity index (χ1n) is 6.65. The summed E-state index contributed by atoms with van der Waals surface area (Å²) in [6, 6.07) is 9.66. The van der Waals surface area contributed by atoms with Crippen molar-refractivity contribution in [2.75, 3.05) is 27.2 Å². The molecule has 0 radical (unpaired) electrons. The van der Waals surface area contributed by atoms with Crippen molar-refractivity contribution in [2.45, 2.75) is 25.0 Å². The van der Waals surface area contributed by atoms with Crippen LogP contribution in [0, 0.1) is 0 Å². The molecule has 0 saturated carbocycles. The number of rotatable bonds is 2. The van der Waals surface area contributed by atoms with E-state index in [2.05, 4.69) is 0 Å². The summed E-state index contributed by atoms with van der Waals surface area (Å²) in [6.45, 7) is 2.75. The summed E-state index contributed by atoms with van der Waals surface area (Å²) >= 11 is 0. The second-order valence-electron chi connectivity index (χ2n) is 5.48. The lowest BCUT2D eigenvalue weighted by molar-refractivity contribution is -0.139. The number of amides is 1. The zero-order chi connectivity index (χ0) is 14.0. The van der Waals surface area contributed by atoms with Gasteiger partial charge in [0, 0.05) is 20.0 Å². The SMILES string of the molecule is CC(=O)N1CCC(O)(c2ccccc2)C(N(C)C)C1. The molecule has 1 aromatic rings. The summed E-state index contributed by atoms with van der Waals surface area (Å²) in [7, 11) is 3.89. The Bertz CT molecular complexity index is 447. The lowest BCUT2D eigenvalue weighted by Crippen LogP contribution is -2.59. The Morgan fingerprint density at radius 1 is 1.37 bits per heavy atom. The van der Waals surface area contributed by atoms with Gasteiger partial charge >= 0.3 is 0 Å². The van der Waals surface area contributed by atoms with Crippen LogP contribution in [0.2, 0.25) is 0 Å². The molecule has 0 bridgehead atoms. The summed E-state index contributed by atoms with van der Waals surface area (Å²) in [5, 5.41) is 11.1. The molecule has 1 saturated heterocycles. The molecule has 2 rings (SSSR count). The van der Waals surface area contributed by atoms with Crippen LogP contribution in [0.4, 0.5) is 0 Å². The molecule has 1 amide bonds. The van der Waals surface area contributed by atoms with Gasteiger partial charge in [0.05, 0.1) is 6.04 Å². The number of likely N-dealkylation sites (tertiary alicyclic amines) is 1. The third kappa shape index (κ3) is 2.65. The van der Waals surface area contributed by atoms with Crippen molar-refractivity contribution in [3.05, 3.63) is 35.9 Å². The van der Waals surface area contributed by atoms with E-state index in [1.165, 1.54) is 0 Å². The van der Waals surface area contributed by atoms with Crippen molar-refractivity contribution >= 4 is 5.91 Å². The molecule has 19 heavy (non-hydrogen) atoms. The molecule has 2 unspecified atom stereocenters. The molecule has 0 spiro atoms. The zero-order valence-corrected chi connectivity index (χ0v) is 11.8. The Labute approximate surface area is 114 Å². The lowest BCUT2D eigenvalue weighted by Gasteiger charge is -2.47. The number of likely N-dealkylation sites (N-methyl/N-ethyl adjacent to an activating group) is 1. The highest BCUT2D eigenvalue weighted by Gasteiger charge is 2.44. The fourth-order valence-electron chi connectivity index (χ4n) is 2.86. The van der Waals surface area contributed by atoms with Crippen LogP contribution >= 0.6 is 0 Å². The summed E-state index contributed by atoms with van der Waals surface area (Å²) in [5.41, 5.74) is 0.0355. The van der Waals surface area contributed by atoms with Gasteiger partial charge in [0.1, 0.15) is 5.60 Å². The molecule has 1 aliphatic rings. The molecule has 104 valence electrons. The maximum Gasteiger partial charge on any atom is 0.219 e. The number of hydrogen-bond donors (Lipinski definition) is 1. The molecule has 4 heteroatoms. The van der Waals surface area contributed by atoms with E-state index in [4.69, 9.17) is 0 Å². The Balaban J connectivity index is 2.32. The molecule has 4 nitrogen and oxygen atoms in total. The van der Waals surface area contributed by atoms with Crippen molar-refractivity contribution < 1.29 is 9.90 Å². The van der Waals surface area contributed by atoms with Gasteiger partial charge in [-0.1, -0.05) is 30.3 Å². The van der Waals surface area contributed by atoms with E-state index in [1.807, 2.05) is 54.2 Å². The minimum atomic E-state index is -0.892. The van der Waals surface area contributed by atoms with Crippen molar-refractivity contribution in [1.29, 1.82) is 0 Å². The summed E-state index contributed by atoms with van der Waals surface area (Å²) in [6.07, 6.45) is 0.569. The van der Waals surface area contributed by atoms with E-state index < -0.39 is 5.60 Å². The number of nitrogens with zero attached hydrogens (tertiary/aromatic N) is 2. The van der Waals surface area contributed by atoms with E-state index in [0.29, 0.717) is 19.5 Å². The zero-order valence-electron chi connectivity index (χ0n) is 11.8. The fourth-order valence-corrected chi connectivity index (χ4v) is 2.86. The summed E-state index contributed by atoms with van der Waals surface area (Å²) in [4.78, 5) is 15.3. The first-order chi connectivity index (χ1) is 8.95. The molecular formula is C15H22N2O2. The van der Waals surface area contributed by atoms with Gasteiger partial charge in [-0.05, 0) is 26.1 Å². The monoisotopic (exact) mass is 262 g/mol. The van der Waals surface area contributed by atoms with E-state index in [-0.39, 0.29) is 11.9 Å². The molecule has 1 heterocycles. The van der Waals surface area contributed by atoms with Crippen LogP contribution in [0.25, 0.3) is 0 Å². The van der Waals surface area contributed by atoms with Crippen molar-refractivity contribution in [3.8, 4) is 0 Å². The highest BCUT2D eigenvalue weighted by atomic mass is 16.3. The minimum Gasteiger partial charge on any atom is -0.383 e. The number of piperidine rings is 1. The van der Waals surface area contributed by atoms with Gasteiger partial charge in [-0.3, -0.25) is 4.79 Å². The summed E-state index contributed by atoms with van der Waals surface area (Å²) < 4.78 is 0. The van der Waals surface area contributed by atoms with E-state index in [9.17, 15) is 9.90 Å². The van der Waals surface area contributed by atoms with Gasteiger partial charge in [-0.2, -0.15) is 0 Å². The molecule has 1 fully saturated rings. The molecule has 1 aromatic carbocycles. The Morgan fingerprint density at radius 3 is 2.53 bits per heavy atom. The largest absolute Gasteiger partial charge is 0.383 e. The quantitative estimate of drug-likeness (QED) is 0.866. The fraction of sp³-hybridized carbons (Fsp3) is 0.533. The van der Waals surface area contributed by atoms with Crippen LogP contribution < -0.4 is 0 Å². The van der Waals surface area contributed by atoms with Crippen LogP contribution in [0.1, 0.15) is 18.9 Å². The number of carbonyl (C=O) groups is 1. The van der Waals surface area contributed by atoms with Gasteiger partial charge in [0.2, 0.25) is 5.91 Å². The Kier molecular flexibility index (Phi) is 3.92. The van der Waals surface area contributed by atoms with Gasteiger partial charge < -0.3 is 14.9 Å². The predicted molar refractivity (Wildman–Crippen MR) is 74.7 cm³/mol. The van der Waals surface area contributed by atoms with Crippen LogP contribution in [-0.4, -0.2) is 54.0 Å². The highest BCUT2D eigenvalue weighted by Crippen LogP contribution is 2.35. The topological polar surface area (TPSA) is 43.8 Å². The lowest BCUT2D eigenvalue weighted by atomic mass is 9.80. The molecule has 1 N–H and O–H groups in total. The van der Waals surface area contributed by atoms with E-state index in [1.54, 1.807) is 6.92 Å². The number of benzene rings is 1. The smallest absolute Gasteiger partial charge is 0.219 e. The molecular weight excluding hydrogens is 240 g/mol. The second kappa shape index (κ2) is 5.31. The highest BCUT2D eigenvalue weighted by molar-refractivity contribution is 5.73. The average Bonchev–Trinajstić information content (AvgIpc) is 2.39. The Hall–Kier alpha value is -1.39. The van der Waals surface area contributed by atoms with Crippen molar-refractivity contribution in [1.82, 2.24) is 9.80 Å². The molecule has 1 aliphatic heterocycles. The first-order valence-corrected chi connectivity index (χ1v) is 6.65. The number of hydrogen-bond acceptors (Lipinski definition) is 3. The second-order valence-corrected chi connectivity index (χ2v) is 5.48. The minimum absolute atomic E-state index is 0.0713. The van der Waals surface area contributed by atoms with Gasteiger partial charge in [-0.25, -0.2) is 0 Å². The third-order valence-corrected chi connectivity index (χ3v) is 4.05. The third-order valence-electron chi connectivity index (χ3n) is 4.05. The van der Waals surface area contributed by atoms with Gasteiger partial charge in [0.15, 0.2) is 0 Å². The maximum atomic E-state index is 11.5. The van der Waals surface area contributed by atoms with Crippen molar-refractivity contribution in [3.63, 3.8) is 0 Å². The molecule has 0 aliphatic carbocycles. The average molecular weight is 262 g/mol. The molecule has 0 aromatic heterocycles. The van der Waals surface area contributed by atoms with E-state index in [0.717, 1.165) is 5.56 Å². The van der Waals surface area contributed by atoms with Gasteiger partial charge in [-0.15, -0.1) is 0 Å². The normalized spacial score (nSPS) is 27.6. The standard InChI is InChI=1S/C15H22N2O2/c1-12(18)17-10-9-15(19,14(11-17)16(2)3)13-7-5-4-6-8-13/h4-8,14,19H,9-11H2,1-3H3. The van der Waals surface area contributed by atoms with Crippen LogP contribution in [0.5, 0.6) is 0 Å². The number of aliphatic hydroxyl groups is 1. The van der Waals surface area contributed by atoms with Crippen LogP contribution in [0.15, 0.2) is 30.3 Å². The molecule has 2 atom stereocenters. The van der Waals surface area contributed by atoms with Crippen LogP contribution in [-0.2, 0) is 10.4 Å². The van der Waals surface area contributed by atoms with Crippen molar-refractivity contribution in [2.24, 2.45) is 0 Å². The maximum absolute atomic E-state index is 11.5. The summed E-state index contributed by atoms with van der Waals surface area (Å²) in [5.74, 6) is 0.0713. The predicted octanol–water partition coefficient (Wildman–Crippen LogP) is 1.06. The van der Waals surface area contributed by atoms with Gasteiger partial charge in [0.25, 0.3) is 0 Å². The van der Waals surface area contributed by atoms with Crippen LogP contribution in [0.3, 0.4) is 0 Å². The first kappa shape index (κ1) is 14.0.